The van der Waals surface area contributed by atoms with E-state index >= 15 is 0 Å². The summed E-state index contributed by atoms with van der Waals surface area (Å²) in [6.07, 6.45) is 1.41. The SMILES string of the molecule is CCOC(=O)Nc1ccc2c(COC(=O)C3CC(=O)N(c4ccc(SC)cc4)C3)cc(=O)oc2c1. The number of nitrogens with zero attached hydrogens (tertiary/aromatic N) is 1. The average molecular weight is 497 g/mol. The van der Waals surface area contributed by atoms with Crippen molar-refractivity contribution in [1.29, 1.82) is 0 Å². The number of benzene rings is 2. The first kappa shape index (κ1) is 24.3. The van der Waals surface area contributed by atoms with Gasteiger partial charge in [-0.3, -0.25) is 14.9 Å². The first-order valence-electron chi connectivity index (χ1n) is 11.0. The molecule has 10 heteroatoms. The van der Waals surface area contributed by atoms with Gasteiger partial charge < -0.3 is 18.8 Å². The van der Waals surface area contributed by atoms with E-state index in [1.165, 1.54) is 12.1 Å². The molecule has 1 saturated heterocycles. The van der Waals surface area contributed by atoms with E-state index in [1.54, 1.807) is 35.7 Å². The molecule has 0 saturated carbocycles. The highest BCUT2D eigenvalue weighted by Gasteiger charge is 2.36. The molecule has 2 amide bonds. The summed E-state index contributed by atoms with van der Waals surface area (Å²) < 4.78 is 15.6. The summed E-state index contributed by atoms with van der Waals surface area (Å²) >= 11 is 1.61. The van der Waals surface area contributed by atoms with Crippen LogP contribution in [0.5, 0.6) is 0 Å². The number of hydrogen-bond acceptors (Lipinski definition) is 8. The second-order valence-corrected chi connectivity index (χ2v) is 8.74. The Hall–Kier alpha value is -3.79. The lowest BCUT2D eigenvalue weighted by Gasteiger charge is -2.17. The minimum absolute atomic E-state index is 0.0592. The van der Waals surface area contributed by atoms with E-state index < -0.39 is 23.6 Å². The van der Waals surface area contributed by atoms with E-state index in [1.807, 2.05) is 30.5 Å². The van der Waals surface area contributed by atoms with Crippen LogP contribution >= 0.6 is 11.8 Å². The van der Waals surface area contributed by atoms with Gasteiger partial charge in [-0.15, -0.1) is 11.8 Å². The molecule has 35 heavy (non-hydrogen) atoms. The van der Waals surface area contributed by atoms with E-state index in [0.29, 0.717) is 16.6 Å². The Morgan fingerprint density at radius 3 is 2.60 bits per heavy atom. The van der Waals surface area contributed by atoms with Crippen LogP contribution in [0.15, 0.2) is 62.6 Å². The third kappa shape index (κ3) is 5.65. The van der Waals surface area contributed by atoms with Gasteiger partial charge in [0, 0.05) is 52.3 Å². The molecule has 3 aromatic rings. The molecule has 9 nitrogen and oxygen atoms in total. The zero-order valence-corrected chi connectivity index (χ0v) is 20.1. The van der Waals surface area contributed by atoms with Crippen LogP contribution < -0.4 is 15.8 Å². The number of rotatable bonds is 7. The molecular formula is C25H24N2O7S. The summed E-state index contributed by atoms with van der Waals surface area (Å²) in [7, 11) is 0. The third-order valence-electron chi connectivity index (χ3n) is 5.56. The van der Waals surface area contributed by atoms with Crippen molar-refractivity contribution in [3.05, 3.63) is 64.5 Å². The minimum atomic E-state index is -0.625. The van der Waals surface area contributed by atoms with Gasteiger partial charge in [-0.1, -0.05) is 0 Å². The van der Waals surface area contributed by atoms with Crippen molar-refractivity contribution in [2.24, 2.45) is 5.92 Å². The van der Waals surface area contributed by atoms with Crippen LogP contribution in [0, 0.1) is 5.92 Å². The van der Waals surface area contributed by atoms with Crippen molar-refractivity contribution in [3.8, 4) is 0 Å². The number of anilines is 2. The number of thioether (sulfide) groups is 1. The Morgan fingerprint density at radius 2 is 1.89 bits per heavy atom. The molecule has 0 spiro atoms. The molecule has 1 aliphatic heterocycles. The molecule has 0 bridgehead atoms. The molecule has 1 N–H and O–H groups in total. The Labute approximate surface area is 205 Å². The van der Waals surface area contributed by atoms with Crippen molar-refractivity contribution < 1.29 is 28.3 Å². The predicted molar refractivity (Wildman–Crippen MR) is 132 cm³/mol. The maximum Gasteiger partial charge on any atom is 0.411 e. The summed E-state index contributed by atoms with van der Waals surface area (Å²) in [5.74, 6) is -1.26. The standard InChI is InChI=1S/C25H24N2O7S/c1-3-32-25(31)26-17-4-9-20-16(11-23(29)34-21(20)12-17)14-33-24(30)15-10-22(28)27(13-15)18-5-7-19(35-2)8-6-18/h4-9,11-12,15H,3,10,13-14H2,1-2H3,(H,26,31). The van der Waals surface area contributed by atoms with E-state index in [9.17, 15) is 19.2 Å². The van der Waals surface area contributed by atoms with Gasteiger partial charge in [0.15, 0.2) is 0 Å². The topological polar surface area (TPSA) is 115 Å². The summed E-state index contributed by atoms with van der Waals surface area (Å²) in [5.41, 5.74) is 1.20. The smallest absolute Gasteiger partial charge is 0.411 e. The summed E-state index contributed by atoms with van der Waals surface area (Å²) in [4.78, 5) is 51.6. The number of esters is 1. The van der Waals surface area contributed by atoms with Crippen molar-refractivity contribution in [2.75, 3.05) is 29.6 Å². The van der Waals surface area contributed by atoms with Gasteiger partial charge in [-0.25, -0.2) is 9.59 Å². The summed E-state index contributed by atoms with van der Waals surface area (Å²) in [6, 6.07) is 13.6. The molecule has 2 heterocycles. The number of nitrogens with one attached hydrogen (secondary N) is 1. The average Bonchev–Trinajstić information content (AvgIpc) is 3.23. The van der Waals surface area contributed by atoms with Crippen LogP contribution in [0.25, 0.3) is 11.0 Å². The molecule has 4 rings (SSSR count). The van der Waals surface area contributed by atoms with Crippen molar-refractivity contribution in [3.63, 3.8) is 0 Å². The van der Waals surface area contributed by atoms with Crippen molar-refractivity contribution >= 4 is 52.1 Å². The Bertz CT molecular complexity index is 1320. The van der Waals surface area contributed by atoms with E-state index in [2.05, 4.69) is 5.32 Å². The van der Waals surface area contributed by atoms with Crippen LogP contribution in [0.1, 0.15) is 18.9 Å². The van der Waals surface area contributed by atoms with Gasteiger partial charge in [0.2, 0.25) is 5.91 Å². The third-order valence-corrected chi connectivity index (χ3v) is 6.31. The molecule has 1 aromatic heterocycles. The lowest BCUT2D eigenvalue weighted by molar-refractivity contribution is -0.149. The van der Waals surface area contributed by atoms with Gasteiger partial charge in [0.05, 0.1) is 12.5 Å². The number of carbonyl (C=O) groups excluding carboxylic acids is 3. The van der Waals surface area contributed by atoms with Gasteiger partial charge in [0.25, 0.3) is 0 Å². The fourth-order valence-corrected chi connectivity index (χ4v) is 4.26. The number of amides is 2. The van der Waals surface area contributed by atoms with Crippen LogP contribution in [0.4, 0.5) is 16.2 Å². The largest absolute Gasteiger partial charge is 0.461 e. The van der Waals surface area contributed by atoms with Gasteiger partial charge in [0.1, 0.15) is 12.2 Å². The maximum absolute atomic E-state index is 12.7. The molecular weight excluding hydrogens is 472 g/mol. The van der Waals surface area contributed by atoms with Crippen molar-refractivity contribution in [1.82, 2.24) is 0 Å². The molecule has 1 unspecified atom stereocenters. The molecule has 1 aliphatic rings. The zero-order chi connectivity index (χ0) is 24.9. The summed E-state index contributed by atoms with van der Waals surface area (Å²) in [6.45, 7) is 1.99. The van der Waals surface area contributed by atoms with E-state index in [0.717, 1.165) is 10.6 Å². The maximum atomic E-state index is 12.7. The van der Waals surface area contributed by atoms with Crippen molar-refractivity contribution in [2.45, 2.75) is 24.8 Å². The van der Waals surface area contributed by atoms with E-state index in [-0.39, 0.29) is 37.7 Å². The molecule has 1 atom stereocenters. The Balaban J connectivity index is 1.44. The fraction of sp³-hybridized carbons (Fsp3) is 0.280. The highest BCUT2D eigenvalue weighted by atomic mass is 32.2. The lowest BCUT2D eigenvalue weighted by Crippen LogP contribution is -2.26. The van der Waals surface area contributed by atoms with Crippen LogP contribution in [0.2, 0.25) is 0 Å². The fourth-order valence-electron chi connectivity index (χ4n) is 3.86. The number of carbonyl (C=O) groups is 3. The lowest BCUT2D eigenvalue weighted by atomic mass is 10.1. The summed E-state index contributed by atoms with van der Waals surface area (Å²) in [5, 5.41) is 3.10. The molecule has 182 valence electrons. The second-order valence-electron chi connectivity index (χ2n) is 7.86. The molecule has 0 radical (unpaired) electrons. The molecule has 1 fully saturated rings. The number of hydrogen-bond donors (Lipinski definition) is 1. The van der Waals surface area contributed by atoms with Crippen LogP contribution in [0.3, 0.4) is 0 Å². The zero-order valence-electron chi connectivity index (χ0n) is 19.2. The first-order valence-corrected chi connectivity index (χ1v) is 12.2. The minimum Gasteiger partial charge on any atom is -0.461 e. The van der Waals surface area contributed by atoms with Crippen LogP contribution in [-0.4, -0.2) is 37.4 Å². The number of fused-ring (bicyclic) bond motifs is 1. The first-order chi connectivity index (χ1) is 16.9. The van der Waals surface area contributed by atoms with Gasteiger partial charge >= 0.3 is 17.7 Å². The highest BCUT2D eigenvalue weighted by molar-refractivity contribution is 7.98. The quantitative estimate of drug-likeness (QED) is 0.294. The monoisotopic (exact) mass is 496 g/mol. The van der Waals surface area contributed by atoms with E-state index in [4.69, 9.17) is 13.9 Å². The Morgan fingerprint density at radius 1 is 1.11 bits per heavy atom. The second kappa shape index (κ2) is 10.6. The van der Waals surface area contributed by atoms with Crippen LogP contribution in [-0.2, 0) is 25.7 Å². The normalized spacial score (nSPS) is 15.3. The molecule has 2 aromatic carbocycles. The Kier molecular flexibility index (Phi) is 7.40. The van der Waals surface area contributed by atoms with Gasteiger partial charge in [-0.05, 0) is 49.6 Å². The van der Waals surface area contributed by atoms with Gasteiger partial charge in [-0.2, -0.15) is 0 Å². The predicted octanol–water partition coefficient (Wildman–Crippen LogP) is 4.18. The number of ether oxygens (including phenoxy) is 2. The highest BCUT2D eigenvalue weighted by Crippen LogP contribution is 2.28. The molecule has 0 aliphatic carbocycles.